The molecule has 1 saturated heterocycles. The molecule has 3 rings (SSSR count). The van der Waals surface area contributed by atoms with Gasteiger partial charge in [0.25, 0.3) is 0 Å². The van der Waals surface area contributed by atoms with Crippen LogP contribution in [0.25, 0.3) is 0 Å². The van der Waals surface area contributed by atoms with Crippen molar-refractivity contribution in [3.63, 3.8) is 0 Å². The number of aromatic nitrogens is 1. The maximum absolute atomic E-state index is 8.73. The van der Waals surface area contributed by atoms with Gasteiger partial charge in [0.15, 0.2) is 0 Å². The van der Waals surface area contributed by atoms with Crippen LogP contribution in [0.5, 0.6) is 0 Å². The second-order valence-corrected chi connectivity index (χ2v) is 4.97. The van der Waals surface area contributed by atoms with Gasteiger partial charge >= 0.3 is 0 Å². The van der Waals surface area contributed by atoms with E-state index >= 15 is 0 Å². The standard InChI is InChI=1S/C17H16N4O/c18-11-15-4-5-16(13-20-15)19-12-14-2-1-3-17(10-14)21-6-8-22-9-7-21/h1-5,10,12-13H,6-9H2. The lowest BCUT2D eigenvalue weighted by Crippen LogP contribution is -2.36. The summed E-state index contributed by atoms with van der Waals surface area (Å²) in [6.07, 6.45) is 3.41. The largest absolute Gasteiger partial charge is 0.378 e. The topological polar surface area (TPSA) is 61.5 Å². The van der Waals surface area contributed by atoms with Crippen LogP contribution in [0.4, 0.5) is 11.4 Å². The number of pyridine rings is 1. The third-order valence-electron chi connectivity index (χ3n) is 3.47. The Bertz CT molecular complexity index is 697. The minimum atomic E-state index is 0.397. The third kappa shape index (κ3) is 3.48. The van der Waals surface area contributed by atoms with Crippen LogP contribution in [0.2, 0.25) is 0 Å². The zero-order valence-electron chi connectivity index (χ0n) is 12.1. The van der Waals surface area contributed by atoms with Gasteiger partial charge in [0.05, 0.1) is 25.1 Å². The summed E-state index contributed by atoms with van der Waals surface area (Å²) in [7, 11) is 0. The Balaban J connectivity index is 1.74. The van der Waals surface area contributed by atoms with Crippen LogP contribution in [0.3, 0.4) is 0 Å². The van der Waals surface area contributed by atoms with Crippen molar-refractivity contribution in [2.45, 2.75) is 0 Å². The molecule has 2 aromatic rings. The Morgan fingerprint density at radius 1 is 1.23 bits per heavy atom. The molecule has 0 amide bonds. The Hall–Kier alpha value is -2.71. The molecule has 1 aliphatic rings. The maximum atomic E-state index is 8.73. The number of hydrogen-bond acceptors (Lipinski definition) is 5. The van der Waals surface area contributed by atoms with Gasteiger partial charge in [0.1, 0.15) is 11.8 Å². The summed E-state index contributed by atoms with van der Waals surface area (Å²) in [6.45, 7) is 3.38. The molecule has 0 atom stereocenters. The van der Waals surface area contributed by atoms with Crippen molar-refractivity contribution in [3.05, 3.63) is 53.9 Å². The van der Waals surface area contributed by atoms with E-state index in [-0.39, 0.29) is 0 Å². The van der Waals surface area contributed by atoms with Gasteiger partial charge in [0, 0.05) is 25.0 Å². The highest BCUT2D eigenvalue weighted by molar-refractivity contribution is 5.83. The molecule has 1 fully saturated rings. The maximum Gasteiger partial charge on any atom is 0.140 e. The fourth-order valence-electron chi connectivity index (χ4n) is 2.30. The average Bonchev–Trinajstić information content (AvgIpc) is 2.61. The van der Waals surface area contributed by atoms with E-state index in [0.717, 1.165) is 37.6 Å². The highest BCUT2D eigenvalue weighted by atomic mass is 16.5. The number of nitrogens with zero attached hydrogens (tertiary/aromatic N) is 4. The van der Waals surface area contributed by atoms with Crippen molar-refractivity contribution in [2.24, 2.45) is 4.99 Å². The molecule has 0 radical (unpaired) electrons. The highest BCUT2D eigenvalue weighted by Crippen LogP contribution is 2.17. The molecule has 1 aliphatic heterocycles. The lowest BCUT2D eigenvalue weighted by Gasteiger charge is -2.29. The predicted molar refractivity (Wildman–Crippen MR) is 85.7 cm³/mol. The molecule has 0 N–H and O–H groups in total. The molecular formula is C17H16N4O. The normalized spacial score (nSPS) is 15.0. The first-order valence-corrected chi connectivity index (χ1v) is 7.18. The molecule has 2 heterocycles. The van der Waals surface area contributed by atoms with Crippen LogP contribution >= 0.6 is 0 Å². The van der Waals surface area contributed by atoms with Crippen LogP contribution in [0, 0.1) is 11.3 Å². The van der Waals surface area contributed by atoms with E-state index in [0.29, 0.717) is 5.69 Å². The Labute approximate surface area is 129 Å². The van der Waals surface area contributed by atoms with Gasteiger partial charge < -0.3 is 9.64 Å². The fourth-order valence-corrected chi connectivity index (χ4v) is 2.30. The van der Waals surface area contributed by atoms with E-state index < -0.39 is 0 Å². The first kappa shape index (κ1) is 14.2. The number of aliphatic imine (C=N–C) groups is 1. The van der Waals surface area contributed by atoms with E-state index in [2.05, 4.69) is 27.0 Å². The average molecular weight is 292 g/mol. The predicted octanol–water partition coefficient (Wildman–Crippen LogP) is 2.54. The number of anilines is 1. The monoisotopic (exact) mass is 292 g/mol. The van der Waals surface area contributed by atoms with Crippen molar-refractivity contribution in [1.29, 1.82) is 5.26 Å². The summed E-state index contributed by atoms with van der Waals surface area (Å²) in [4.78, 5) is 10.7. The van der Waals surface area contributed by atoms with Crippen molar-refractivity contribution in [3.8, 4) is 6.07 Å². The van der Waals surface area contributed by atoms with Crippen LogP contribution < -0.4 is 4.90 Å². The van der Waals surface area contributed by atoms with E-state index in [9.17, 15) is 0 Å². The van der Waals surface area contributed by atoms with Gasteiger partial charge in [0.2, 0.25) is 0 Å². The van der Waals surface area contributed by atoms with Crippen LogP contribution in [-0.4, -0.2) is 37.5 Å². The zero-order valence-corrected chi connectivity index (χ0v) is 12.1. The van der Waals surface area contributed by atoms with E-state index in [1.165, 1.54) is 5.69 Å². The molecule has 0 spiro atoms. The van der Waals surface area contributed by atoms with Crippen LogP contribution in [0.1, 0.15) is 11.3 Å². The molecule has 110 valence electrons. The summed E-state index contributed by atoms with van der Waals surface area (Å²) >= 11 is 0. The second-order valence-electron chi connectivity index (χ2n) is 4.97. The molecule has 1 aromatic heterocycles. The molecule has 0 bridgehead atoms. The number of morpholine rings is 1. The molecule has 0 saturated carbocycles. The Morgan fingerprint density at radius 2 is 2.09 bits per heavy atom. The second kappa shape index (κ2) is 6.83. The quantitative estimate of drug-likeness (QED) is 0.816. The van der Waals surface area contributed by atoms with Gasteiger partial charge in [-0.1, -0.05) is 12.1 Å². The summed E-state index contributed by atoms with van der Waals surface area (Å²) in [5, 5.41) is 8.73. The van der Waals surface area contributed by atoms with E-state index in [4.69, 9.17) is 10.00 Å². The number of ether oxygens (including phenoxy) is 1. The summed E-state index contributed by atoms with van der Waals surface area (Å²) < 4.78 is 5.38. The minimum Gasteiger partial charge on any atom is -0.378 e. The first-order chi connectivity index (χ1) is 10.8. The molecule has 5 nitrogen and oxygen atoms in total. The number of nitriles is 1. The summed E-state index contributed by atoms with van der Waals surface area (Å²) in [5.74, 6) is 0. The summed E-state index contributed by atoms with van der Waals surface area (Å²) in [5.41, 5.74) is 3.35. The zero-order chi connectivity index (χ0) is 15.2. The van der Waals surface area contributed by atoms with Crippen molar-refractivity contribution < 1.29 is 4.74 Å². The molecule has 5 heteroatoms. The number of hydrogen-bond donors (Lipinski definition) is 0. The van der Waals surface area contributed by atoms with E-state index in [1.54, 1.807) is 18.3 Å². The van der Waals surface area contributed by atoms with E-state index in [1.807, 2.05) is 24.4 Å². The van der Waals surface area contributed by atoms with Gasteiger partial charge in [-0.05, 0) is 29.8 Å². The smallest absolute Gasteiger partial charge is 0.140 e. The lowest BCUT2D eigenvalue weighted by atomic mass is 10.2. The molecule has 0 unspecified atom stereocenters. The van der Waals surface area contributed by atoms with Gasteiger partial charge in [-0.3, -0.25) is 4.99 Å². The van der Waals surface area contributed by atoms with Crippen molar-refractivity contribution in [2.75, 3.05) is 31.2 Å². The number of rotatable bonds is 3. The highest BCUT2D eigenvalue weighted by Gasteiger charge is 2.10. The SMILES string of the molecule is N#Cc1ccc(N=Cc2cccc(N3CCOCC3)c2)cn1. The first-order valence-electron chi connectivity index (χ1n) is 7.18. The van der Waals surface area contributed by atoms with Crippen LogP contribution in [0.15, 0.2) is 47.6 Å². The molecule has 0 aliphatic carbocycles. The Kier molecular flexibility index (Phi) is 4.42. The fraction of sp³-hybridized carbons (Fsp3) is 0.235. The van der Waals surface area contributed by atoms with Crippen LogP contribution in [-0.2, 0) is 4.74 Å². The van der Waals surface area contributed by atoms with Crippen molar-refractivity contribution in [1.82, 2.24) is 4.98 Å². The molecule has 1 aromatic carbocycles. The molecule has 22 heavy (non-hydrogen) atoms. The minimum absolute atomic E-state index is 0.397. The number of benzene rings is 1. The van der Waals surface area contributed by atoms with Gasteiger partial charge in [-0.25, -0.2) is 4.98 Å². The van der Waals surface area contributed by atoms with Gasteiger partial charge in [-0.2, -0.15) is 5.26 Å². The van der Waals surface area contributed by atoms with Gasteiger partial charge in [-0.15, -0.1) is 0 Å². The summed E-state index contributed by atoms with van der Waals surface area (Å²) in [6, 6.07) is 13.7. The third-order valence-corrected chi connectivity index (χ3v) is 3.47. The lowest BCUT2D eigenvalue weighted by molar-refractivity contribution is 0.122. The van der Waals surface area contributed by atoms with Crippen molar-refractivity contribution >= 4 is 17.6 Å². The molecular weight excluding hydrogens is 276 g/mol. The Morgan fingerprint density at radius 3 is 2.82 bits per heavy atom.